The average molecular weight is 427 g/mol. The second kappa shape index (κ2) is 9.24. The van der Waals surface area contributed by atoms with Gasteiger partial charge in [-0.15, -0.1) is 0 Å². The summed E-state index contributed by atoms with van der Waals surface area (Å²) in [5, 5.41) is 6.26. The van der Waals surface area contributed by atoms with Crippen molar-refractivity contribution >= 4 is 17.6 Å². The van der Waals surface area contributed by atoms with Crippen LogP contribution < -0.4 is 11.1 Å². The molecule has 0 fully saturated rings. The van der Waals surface area contributed by atoms with Crippen LogP contribution in [0.5, 0.6) is 0 Å². The number of nitrogens with one attached hydrogen (secondary N) is 1. The molecule has 2 aromatic heterocycles. The Balaban J connectivity index is 1.97. The van der Waals surface area contributed by atoms with E-state index in [1.165, 1.54) is 12.4 Å². The molecule has 3 aromatic rings. The van der Waals surface area contributed by atoms with Gasteiger partial charge in [-0.3, -0.25) is 19.4 Å². The van der Waals surface area contributed by atoms with E-state index < -0.39 is 30.2 Å². The van der Waals surface area contributed by atoms with Crippen LogP contribution in [0.1, 0.15) is 28.0 Å². The Morgan fingerprint density at radius 1 is 1.16 bits per heavy atom. The molecule has 0 saturated heterocycles. The molecule has 8 nitrogen and oxygen atoms in total. The Kier molecular flexibility index (Phi) is 6.49. The molecule has 10 heteroatoms. The topological polar surface area (TPSA) is 120 Å². The molecule has 3 N–H and O–H groups in total. The molecule has 2 amide bonds. The van der Waals surface area contributed by atoms with Crippen molar-refractivity contribution in [1.29, 1.82) is 0 Å². The summed E-state index contributed by atoms with van der Waals surface area (Å²) in [5.41, 5.74) is 6.64. The highest BCUT2D eigenvalue weighted by Gasteiger charge is 2.29. The first-order valence-corrected chi connectivity index (χ1v) is 9.24. The standard InChI is InChI=1S/C21H19F2N5O3/c1-12-7-8-25-10-14(12)17-15(11-28(27-17)21(22)23)20(31)26-16(18(29)19(24)30)9-13-5-3-2-4-6-13/h2-8,10-11,16,21H,9H2,1H3,(H2,24,30)(H,26,31). The molecule has 0 radical (unpaired) electrons. The van der Waals surface area contributed by atoms with Crippen LogP contribution in [-0.2, 0) is 16.0 Å². The predicted octanol–water partition coefficient (Wildman–Crippen LogP) is 2.04. The lowest BCUT2D eigenvalue weighted by Gasteiger charge is -2.16. The Hall–Kier alpha value is -3.95. The van der Waals surface area contributed by atoms with Gasteiger partial charge in [0.15, 0.2) is 0 Å². The Morgan fingerprint density at radius 2 is 1.87 bits per heavy atom. The smallest absolute Gasteiger partial charge is 0.333 e. The van der Waals surface area contributed by atoms with Crippen LogP contribution >= 0.6 is 0 Å². The van der Waals surface area contributed by atoms with Crippen molar-refractivity contribution < 1.29 is 23.2 Å². The van der Waals surface area contributed by atoms with Crippen LogP contribution in [0.25, 0.3) is 11.3 Å². The minimum absolute atomic E-state index is 0.00140. The van der Waals surface area contributed by atoms with Crippen molar-refractivity contribution in [2.24, 2.45) is 5.73 Å². The summed E-state index contributed by atoms with van der Waals surface area (Å²) in [6.45, 7) is -1.26. The number of ketones is 1. The van der Waals surface area contributed by atoms with Crippen molar-refractivity contribution in [3.05, 3.63) is 71.7 Å². The zero-order chi connectivity index (χ0) is 22.5. The lowest BCUT2D eigenvalue weighted by atomic mass is 10.0. The Labute approximate surface area is 176 Å². The molecule has 1 unspecified atom stereocenters. The van der Waals surface area contributed by atoms with Gasteiger partial charge in [0.2, 0.25) is 5.78 Å². The zero-order valence-electron chi connectivity index (χ0n) is 16.5. The fourth-order valence-corrected chi connectivity index (χ4v) is 3.04. The highest BCUT2D eigenvalue weighted by molar-refractivity contribution is 6.38. The fourth-order valence-electron chi connectivity index (χ4n) is 3.04. The first-order chi connectivity index (χ1) is 14.8. The van der Waals surface area contributed by atoms with Crippen LogP contribution in [0.4, 0.5) is 8.78 Å². The number of hydrogen-bond acceptors (Lipinski definition) is 5. The van der Waals surface area contributed by atoms with E-state index in [1.54, 1.807) is 43.3 Å². The third-order valence-corrected chi connectivity index (χ3v) is 4.62. The molecular weight excluding hydrogens is 408 g/mol. The second-order valence-electron chi connectivity index (χ2n) is 6.78. The first kappa shape index (κ1) is 21.8. The van der Waals surface area contributed by atoms with Gasteiger partial charge in [0, 0.05) is 30.6 Å². The van der Waals surface area contributed by atoms with Crippen molar-refractivity contribution in [3.8, 4) is 11.3 Å². The van der Waals surface area contributed by atoms with E-state index in [1.807, 2.05) is 0 Å². The van der Waals surface area contributed by atoms with Gasteiger partial charge in [-0.05, 0) is 24.1 Å². The minimum Gasteiger partial charge on any atom is -0.363 e. The second-order valence-corrected chi connectivity index (χ2v) is 6.78. The maximum Gasteiger partial charge on any atom is 0.333 e. The molecule has 3 rings (SSSR count). The zero-order valence-corrected chi connectivity index (χ0v) is 16.5. The number of hydrogen-bond donors (Lipinski definition) is 2. The fraction of sp³-hybridized carbons (Fsp3) is 0.190. The summed E-state index contributed by atoms with van der Waals surface area (Å²) in [4.78, 5) is 40.7. The molecule has 0 spiro atoms. The number of amides is 2. The van der Waals surface area contributed by atoms with E-state index in [-0.39, 0.29) is 17.7 Å². The number of aryl methyl sites for hydroxylation is 1. The molecule has 2 heterocycles. The minimum atomic E-state index is -2.98. The predicted molar refractivity (Wildman–Crippen MR) is 107 cm³/mol. The quantitative estimate of drug-likeness (QED) is 0.533. The number of rotatable bonds is 8. The summed E-state index contributed by atoms with van der Waals surface area (Å²) in [7, 11) is 0. The van der Waals surface area contributed by atoms with Gasteiger partial charge in [-0.2, -0.15) is 13.9 Å². The van der Waals surface area contributed by atoms with Crippen LogP contribution in [0.3, 0.4) is 0 Å². The van der Waals surface area contributed by atoms with Gasteiger partial charge in [0.25, 0.3) is 11.8 Å². The number of aromatic nitrogens is 3. The highest BCUT2D eigenvalue weighted by atomic mass is 19.3. The largest absolute Gasteiger partial charge is 0.363 e. The Bertz CT molecular complexity index is 1120. The van der Waals surface area contributed by atoms with E-state index >= 15 is 0 Å². The monoisotopic (exact) mass is 427 g/mol. The third-order valence-electron chi connectivity index (χ3n) is 4.62. The number of primary amides is 1. The average Bonchev–Trinajstić information content (AvgIpc) is 3.19. The SMILES string of the molecule is Cc1ccncc1-c1nn(C(F)F)cc1C(=O)NC(Cc1ccccc1)C(=O)C(N)=O. The summed E-state index contributed by atoms with van der Waals surface area (Å²) >= 11 is 0. The number of benzene rings is 1. The summed E-state index contributed by atoms with van der Waals surface area (Å²) in [5.74, 6) is -3.06. The van der Waals surface area contributed by atoms with E-state index in [2.05, 4.69) is 15.4 Å². The van der Waals surface area contributed by atoms with Crippen molar-refractivity contribution in [1.82, 2.24) is 20.1 Å². The van der Waals surface area contributed by atoms with Gasteiger partial charge in [0.1, 0.15) is 11.7 Å². The van der Waals surface area contributed by atoms with Crippen LogP contribution in [-0.4, -0.2) is 38.4 Å². The highest BCUT2D eigenvalue weighted by Crippen LogP contribution is 2.26. The molecule has 160 valence electrons. The van der Waals surface area contributed by atoms with E-state index in [4.69, 9.17) is 5.73 Å². The van der Waals surface area contributed by atoms with E-state index in [0.717, 1.165) is 6.20 Å². The van der Waals surface area contributed by atoms with E-state index in [0.29, 0.717) is 21.4 Å². The Morgan fingerprint density at radius 3 is 2.48 bits per heavy atom. The number of carbonyl (C=O) groups excluding carboxylic acids is 3. The molecule has 31 heavy (non-hydrogen) atoms. The van der Waals surface area contributed by atoms with Crippen molar-refractivity contribution in [2.45, 2.75) is 25.9 Å². The molecular formula is C21H19F2N5O3. The number of pyridine rings is 1. The maximum absolute atomic E-state index is 13.3. The van der Waals surface area contributed by atoms with Crippen LogP contribution in [0.15, 0.2) is 55.0 Å². The van der Waals surface area contributed by atoms with Crippen LogP contribution in [0.2, 0.25) is 0 Å². The lowest BCUT2D eigenvalue weighted by molar-refractivity contribution is -0.137. The maximum atomic E-state index is 13.3. The molecule has 0 aliphatic carbocycles. The number of alkyl halides is 2. The number of nitrogens with two attached hydrogens (primary N) is 1. The normalized spacial score (nSPS) is 11.9. The number of halogens is 2. The number of carbonyl (C=O) groups is 3. The molecule has 0 saturated carbocycles. The van der Waals surface area contributed by atoms with Crippen molar-refractivity contribution in [2.75, 3.05) is 0 Å². The lowest BCUT2D eigenvalue weighted by Crippen LogP contribution is -2.47. The molecule has 1 atom stereocenters. The van der Waals surface area contributed by atoms with Gasteiger partial charge in [-0.1, -0.05) is 30.3 Å². The van der Waals surface area contributed by atoms with Gasteiger partial charge in [0.05, 0.1) is 5.56 Å². The molecule has 0 aliphatic heterocycles. The summed E-state index contributed by atoms with van der Waals surface area (Å²) in [6.07, 6.45) is 3.80. The molecule has 0 aliphatic rings. The summed E-state index contributed by atoms with van der Waals surface area (Å²) in [6, 6.07) is 9.05. The number of nitrogens with zero attached hydrogens (tertiary/aromatic N) is 3. The molecule has 1 aromatic carbocycles. The van der Waals surface area contributed by atoms with Crippen molar-refractivity contribution in [3.63, 3.8) is 0 Å². The third kappa shape index (κ3) is 4.97. The van der Waals surface area contributed by atoms with Gasteiger partial charge >= 0.3 is 6.55 Å². The first-order valence-electron chi connectivity index (χ1n) is 9.24. The summed E-state index contributed by atoms with van der Waals surface area (Å²) < 4.78 is 26.9. The van der Waals surface area contributed by atoms with Crippen LogP contribution in [0, 0.1) is 6.92 Å². The van der Waals surface area contributed by atoms with Gasteiger partial charge < -0.3 is 11.1 Å². The molecule has 0 bridgehead atoms. The van der Waals surface area contributed by atoms with Gasteiger partial charge in [-0.25, -0.2) is 4.68 Å². The van der Waals surface area contributed by atoms with E-state index in [9.17, 15) is 23.2 Å². The number of Topliss-reactive ketones (excluding diaryl/α,β-unsaturated/α-hetero) is 1.